The summed E-state index contributed by atoms with van der Waals surface area (Å²) in [6, 6.07) is 68.5. The molecular weight excluding hydrogens is 787 g/mol. The minimum Gasteiger partial charge on any atom is -0.274 e. The van der Waals surface area contributed by atoms with Gasteiger partial charge in [-0.1, -0.05) is 176 Å². The molecular formula is C62H39N3. The number of hydrogen-bond acceptors (Lipinski definition) is 3. The summed E-state index contributed by atoms with van der Waals surface area (Å²) < 4.78 is 0. The summed E-state index contributed by atoms with van der Waals surface area (Å²) in [4.78, 5) is 16.0. The molecule has 3 aliphatic rings. The van der Waals surface area contributed by atoms with Gasteiger partial charge in [-0.25, -0.2) is 9.97 Å². The molecule has 0 bridgehead atoms. The first-order chi connectivity index (χ1) is 32.2. The van der Waals surface area contributed by atoms with Gasteiger partial charge in [0.05, 0.1) is 28.3 Å². The predicted octanol–water partition coefficient (Wildman–Crippen LogP) is 15.6. The van der Waals surface area contributed by atoms with E-state index >= 15 is 0 Å². The molecule has 0 spiro atoms. The number of allylic oxidation sites excluding steroid dienone is 1. The Morgan fingerprint density at radius 3 is 1.94 bits per heavy atom. The highest BCUT2D eigenvalue weighted by atomic mass is 14.9. The molecule has 0 fully saturated rings. The zero-order valence-corrected chi connectivity index (χ0v) is 35.4. The number of aliphatic imine (C=N–C) groups is 1. The van der Waals surface area contributed by atoms with Gasteiger partial charge in [-0.3, -0.25) is 4.99 Å². The van der Waals surface area contributed by atoms with Crippen LogP contribution in [0.15, 0.2) is 211 Å². The van der Waals surface area contributed by atoms with Crippen molar-refractivity contribution in [3.8, 4) is 44.8 Å². The van der Waals surface area contributed by atoms with E-state index in [9.17, 15) is 0 Å². The maximum absolute atomic E-state index is 5.44. The summed E-state index contributed by atoms with van der Waals surface area (Å²) in [5.74, 6) is 0.173. The van der Waals surface area contributed by atoms with Gasteiger partial charge < -0.3 is 0 Å². The Labute approximate surface area is 376 Å². The van der Waals surface area contributed by atoms with Gasteiger partial charge in [-0.2, -0.15) is 0 Å². The lowest BCUT2D eigenvalue weighted by molar-refractivity contribution is 0.592. The highest BCUT2D eigenvalue weighted by Crippen LogP contribution is 2.46. The molecule has 2 aromatic heterocycles. The van der Waals surface area contributed by atoms with E-state index in [0.29, 0.717) is 0 Å². The molecule has 2 aliphatic carbocycles. The Morgan fingerprint density at radius 2 is 1.08 bits per heavy atom. The number of nitrogens with zero attached hydrogens (tertiary/aromatic N) is 3. The fraction of sp³-hybridized carbons (Fsp3) is 0.0484. The van der Waals surface area contributed by atoms with Gasteiger partial charge in [-0.05, 0) is 119 Å². The van der Waals surface area contributed by atoms with E-state index in [1.54, 1.807) is 0 Å². The zero-order chi connectivity index (χ0) is 42.6. The smallest absolute Gasteiger partial charge is 0.103 e. The van der Waals surface area contributed by atoms with Crippen molar-refractivity contribution in [3.05, 3.63) is 234 Å². The largest absolute Gasteiger partial charge is 0.274 e. The van der Waals surface area contributed by atoms with E-state index in [4.69, 9.17) is 15.0 Å². The maximum atomic E-state index is 5.44. The summed E-state index contributed by atoms with van der Waals surface area (Å²) >= 11 is 0. The second-order valence-corrected chi connectivity index (χ2v) is 17.8. The van der Waals surface area contributed by atoms with Crippen LogP contribution in [0.4, 0.5) is 0 Å². The molecule has 302 valence electrons. The van der Waals surface area contributed by atoms with Gasteiger partial charge in [0.1, 0.15) is 6.04 Å². The molecule has 0 saturated carbocycles. The quantitative estimate of drug-likeness (QED) is 0.166. The lowest BCUT2D eigenvalue weighted by atomic mass is 9.85. The Morgan fingerprint density at radius 1 is 0.415 bits per heavy atom. The van der Waals surface area contributed by atoms with Crippen LogP contribution in [0.25, 0.3) is 105 Å². The Bertz CT molecular complexity index is 3910. The van der Waals surface area contributed by atoms with Crippen LogP contribution in [0.1, 0.15) is 34.0 Å². The van der Waals surface area contributed by atoms with Gasteiger partial charge in [-0.15, -0.1) is 0 Å². The fourth-order valence-corrected chi connectivity index (χ4v) is 11.1. The third kappa shape index (κ3) is 5.65. The fourth-order valence-electron chi connectivity index (χ4n) is 11.1. The summed E-state index contributed by atoms with van der Waals surface area (Å²) in [5, 5.41) is 11.2. The second-order valence-electron chi connectivity index (χ2n) is 17.8. The van der Waals surface area contributed by atoms with E-state index in [2.05, 4.69) is 206 Å². The SMILES string of the molecule is C1=CC2C=Cc3ccc(-c4ccccc4)nc3C2N=C1c1ccc2c3ccc(-c4cccc(-c5nc6ccccc6c6c7c(ccc56)-c5ccccc5C7)c4)cc3c3ccccc3c2c1. The molecule has 3 nitrogen and oxygen atoms in total. The third-order valence-corrected chi connectivity index (χ3v) is 14.2. The molecule has 0 amide bonds. The van der Waals surface area contributed by atoms with Crippen molar-refractivity contribution in [1.29, 1.82) is 0 Å². The topological polar surface area (TPSA) is 38.1 Å². The number of pyridine rings is 2. The normalized spacial score (nSPS) is 15.9. The van der Waals surface area contributed by atoms with Crippen molar-refractivity contribution in [2.45, 2.75) is 12.5 Å². The third-order valence-electron chi connectivity index (χ3n) is 14.2. The van der Waals surface area contributed by atoms with Gasteiger partial charge in [0.15, 0.2) is 0 Å². The molecule has 0 N–H and O–H groups in total. The first kappa shape index (κ1) is 36.2. The number of rotatable bonds is 4. The van der Waals surface area contributed by atoms with Crippen molar-refractivity contribution >= 4 is 65.8 Å². The van der Waals surface area contributed by atoms with E-state index in [1.807, 2.05) is 6.07 Å². The van der Waals surface area contributed by atoms with Crippen LogP contribution in [0.2, 0.25) is 0 Å². The Balaban J connectivity index is 0.864. The highest BCUT2D eigenvalue weighted by molar-refractivity contribution is 6.27. The number of para-hydroxylation sites is 1. The first-order valence-corrected chi connectivity index (χ1v) is 22.6. The molecule has 11 aromatic rings. The van der Waals surface area contributed by atoms with Crippen molar-refractivity contribution in [2.75, 3.05) is 0 Å². The number of aromatic nitrogens is 2. The standard InChI is InChI=1S/C62H39N3/c1-2-11-37(12-3-1)56-31-25-38-21-22-39-26-32-57(64-62(39)61(38)63-56)43-24-28-50-49-27-23-41(34-53(49)46-17-6-7-18-47(46)54(50)36-43)40-14-10-15-44(33-40)60-52-30-29-48-45-16-5-4-13-42(45)35-55(48)59(52)51-19-8-9-20-58(51)65-60/h1-34,36,39,62H,35H2. The Kier molecular flexibility index (Phi) is 7.87. The van der Waals surface area contributed by atoms with E-state index in [0.717, 1.165) is 57.0 Å². The van der Waals surface area contributed by atoms with Crippen LogP contribution in [0.3, 0.4) is 0 Å². The zero-order valence-electron chi connectivity index (χ0n) is 35.4. The molecule has 14 rings (SSSR count). The molecule has 3 heteroatoms. The van der Waals surface area contributed by atoms with Crippen molar-refractivity contribution in [2.24, 2.45) is 10.9 Å². The van der Waals surface area contributed by atoms with E-state index < -0.39 is 0 Å². The first-order valence-electron chi connectivity index (χ1n) is 22.6. The molecule has 3 heterocycles. The van der Waals surface area contributed by atoms with Crippen molar-refractivity contribution < 1.29 is 0 Å². The average molecular weight is 826 g/mol. The number of fused-ring (bicyclic) bond motifs is 16. The van der Waals surface area contributed by atoms with Crippen molar-refractivity contribution in [3.63, 3.8) is 0 Å². The predicted molar refractivity (Wildman–Crippen MR) is 271 cm³/mol. The molecule has 65 heavy (non-hydrogen) atoms. The lowest BCUT2D eigenvalue weighted by Crippen LogP contribution is -2.19. The molecule has 9 aromatic carbocycles. The maximum Gasteiger partial charge on any atom is 0.103 e. The van der Waals surface area contributed by atoms with Gasteiger partial charge in [0.2, 0.25) is 0 Å². The molecule has 0 radical (unpaired) electrons. The van der Waals surface area contributed by atoms with E-state index in [1.165, 1.54) is 81.9 Å². The van der Waals surface area contributed by atoms with E-state index in [-0.39, 0.29) is 12.0 Å². The van der Waals surface area contributed by atoms with Gasteiger partial charge in [0.25, 0.3) is 0 Å². The molecule has 2 unspecified atom stereocenters. The number of dihydropyridines is 1. The van der Waals surface area contributed by atoms with Crippen LogP contribution < -0.4 is 0 Å². The minimum atomic E-state index is -0.0751. The molecule has 1 aliphatic heterocycles. The molecule has 0 saturated heterocycles. The number of benzene rings is 9. The summed E-state index contributed by atoms with van der Waals surface area (Å²) in [7, 11) is 0. The van der Waals surface area contributed by atoms with Crippen LogP contribution >= 0.6 is 0 Å². The summed E-state index contributed by atoms with van der Waals surface area (Å²) in [6.07, 6.45) is 9.90. The van der Waals surface area contributed by atoms with Crippen molar-refractivity contribution in [1.82, 2.24) is 9.97 Å². The monoisotopic (exact) mass is 825 g/mol. The number of hydrogen-bond donors (Lipinski definition) is 0. The van der Waals surface area contributed by atoms with Crippen LogP contribution in [-0.2, 0) is 6.42 Å². The summed E-state index contributed by atoms with van der Waals surface area (Å²) in [5.41, 5.74) is 17.4. The second kappa shape index (κ2) is 14.1. The molecule has 2 atom stereocenters. The van der Waals surface area contributed by atoms with Crippen LogP contribution in [-0.4, -0.2) is 15.7 Å². The minimum absolute atomic E-state index is 0.0751. The summed E-state index contributed by atoms with van der Waals surface area (Å²) in [6.45, 7) is 0. The van der Waals surface area contributed by atoms with Gasteiger partial charge >= 0.3 is 0 Å². The Hall–Kier alpha value is -8.27. The highest BCUT2D eigenvalue weighted by Gasteiger charge is 2.29. The van der Waals surface area contributed by atoms with Crippen LogP contribution in [0.5, 0.6) is 0 Å². The van der Waals surface area contributed by atoms with Gasteiger partial charge in [0, 0.05) is 33.4 Å². The average Bonchev–Trinajstić information content (AvgIpc) is 3.77. The van der Waals surface area contributed by atoms with Crippen LogP contribution in [0, 0.1) is 5.92 Å². The lowest BCUT2D eigenvalue weighted by Gasteiger charge is -2.28.